The number of ether oxygens (including phenoxy) is 5. The van der Waals surface area contributed by atoms with E-state index < -0.39 is 187 Å². The minimum Gasteiger partial charge on any atom is -0.495 e. The molecule has 4 aliphatic heterocycles. The number of carbonyl (C=O) groups excluding carboxylic acids is 11. The first-order chi connectivity index (χ1) is 64.6. The number of nitrogens with zero attached hydrogens (tertiary/aromatic N) is 2. The molecule has 0 saturated carbocycles. The number of amides is 8. The molecular weight excluding hydrogens is 1820 g/mol. The van der Waals surface area contributed by atoms with E-state index >= 15 is 19.2 Å². The molecule has 0 aromatic heterocycles. The Morgan fingerprint density at radius 1 is 0.807 bits per heavy atom. The number of benzene rings is 4. The second-order valence-corrected chi connectivity index (χ2v) is 42.2. The molecule has 8 amide bonds. The minimum absolute atomic E-state index is 0.00172. The molecule has 9 rings (SSSR count). The summed E-state index contributed by atoms with van der Waals surface area (Å²) < 4.78 is 30.3. The molecule has 742 valence electrons. The van der Waals surface area contributed by atoms with Gasteiger partial charge in [-0.2, -0.15) is 0 Å². The number of epoxide rings is 1. The highest BCUT2D eigenvalue weighted by atomic mass is 35.5. The summed E-state index contributed by atoms with van der Waals surface area (Å²) in [6.07, 6.45) is 11.4. The van der Waals surface area contributed by atoms with E-state index in [1.54, 1.807) is 75.0 Å². The summed E-state index contributed by atoms with van der Waals surface area (Å²) in [5.41, 5.74) is 9.00. The highest BCUT2D eigenvalue weighted by molar-refractivity contribution is 8.77. The summed E-state index contributed by atoms with van der Waals surface area (Å²) in [4.78, 5) is 166. The van der Waals surface area contributed by atoms with Gasteiger partial charge in [-0.15, -0.1) is 0 Å². The van der Waals surface area contributed by atoms with E-state index in [0.29, 0.717) is 61.4 Å². The maximum Gasteiger partial charge on any atom is 0.328 e. The Morgan fingerprint density at radius 2 is 1.48 bits per heavy atom. The molecule has 3 saturated heterocycles. The Morgan fingerprint density at radius 3 is 2.16 bits per heavy atom. The number of aliphatic hydroxyl groups is 4. The molecule has 5 aliphatic rings. The second kappa shape index (κ2) is 54.8. The Bertz CT molecular complexity index is 4710. The fraction of sp³-hybridized carbons (Fsp3) is 0.590. The third-order valence-corrected chi connectivity index (χ3v) is 31.8. The lowest BCUT2D eigenvalue weighted by atomic mass is 9.78. The van der Waals surface area contributed by atoms with Crippen LogP contribution in [0.5, 0.6) is 5.75 Å². The summed E-state index contributed by atoms with van der Waals surface area (Å²) in [6, 6.07) is 19.1. The fourth-order valence-corrected chi connectivity index (χ4v) is 22.9. The van der Waals surface area contributed by atoms with Crippen LogP contribution >= 0.6 is 54.8 Å². The maximum absolute atomic E-state index is 15.7. The first-order valence-electron chi connectivity index (χ1n) is 47.3. The number of allylic oxidation sites excluding steroid dienone is 4. The number of carbonyl (C=O) groups is 11. The van der Waals surface area contributed by atoms with E-state index in [1.807, 2.05) is 91.9 Å². The Labute approximate surface area is 815 Å². The number of nitrogens with two attached hydrogens (primary N) is 1. The quantitative estimate of drug-likeness (QED) is 0.00852. The zero-order valence-electron chi connectivity index (χ0n) is 79.7. The summed E-state index contributed by atoms with van der Waals surface area (Å²) in [5, 5.41) is 64.8. The molecule has 0 radical (unpaired) electrons. The number of aliphatic hydroxyl groups excluding tert-OH is 3. The number of esters is 2. The molecule has 0 spiro atoms. The number of Topliss-reactive ketones (excluding diaryl/α,β-unsaturated/α-hetero) is 1. The minimum atomic E-state index is -1.72. The Balaban J connectivity index is 0.948. The molecule has 1 unspecified atom stereocenters. The van der Waals surface area contributed by atoms with Crippen LogP contribution < -0.4 is 52.6 Å². The van der Waals surface area contributed by atoms with Crippen molar-refractivity contribution in [2.24, 2.45) is 17.6 Å². The number of anilines is 1. The van der Waals surface area contributed by atoms with Gasteiger partial charge in [-0.1, -0.05) is 235 Å². The molecule has 4 aromatic carbocycles. The van der Waals surface area contributed by atoms with Crippen molar-refractivity contribution in [1.82, 2.24) is 42.1 Å². The van der Waals surface area contributed by atoms with Crippen molar-refractivity contribution in [2.45, 2.75) is 298 Å². The lowest BCUT2D eigenvalue weighted by Gasteiger charge is -2.41. The van der Waals surface area contributed by atoms with E-state index in [9.17, 15) is 54.0 Å². The van der Waals surface area contributed by atoms with Crippen molar-refractivity contribution in [1.29, 1.82) is 0 Å². The van der Waals surface area contributed by atoms with Gasteiger partial charge >= 0.3 is 11.9 Å². The molecule has 13 N–H and O–H groups in total. The number of fused-ring (bicyclic) bond motifs is 6. The van der Waals surface area contributed by atoms with Crippen LogP contribution in [-0.4, -0.2) is 257 Å². The number of unbranched alkanes of at least 4 members (excludes halogenated alkanes) is 8. The van der Waals surface area contributed by atoms with Crippen molar-refractivity contribution < 1.29 is 96.9 Å². The zero-order chi connectivity index (χ0) is 98.1. The van der Waals surface area contributed by atoms with Gasteiger partial charge in [0.2, 0.25) is 47.3 Å². The van der Waals surface area contributed by atoms with E-state index in [-0.39, 0.29) is 79.2 Å². The van der Waals surface area contributed by atoms with Crippen LogP contribution in [-0.2, 0) is 97.4 Å². The molecule has 4 heterocycles. The molecule has 3 fully saturated rings. The normalized spacial score (nSPS) is 26.0. The van der Waals surface area contributed by atoms with Crippen LogP contribution in [0.4, 0.5) is 5.69 Å². The molecule has 35 heteroatoms. The van der Waals surface area contributed by atoms with Gasteiger partial charge in [-0.25, -0.2) is 4.79 Å². The molecule has 30 nitrogen and oxygen atoms in total. The summed E-state index contributed by atoms with van der Waals surface area (Å²) in [7, 11) is 11.3. The number of hydrogen-bond donors (Lipinski definition) is 12. The van der Waals surface area contributed by atoms with Gasteiger partial charge in [0.1, 0.15) is 70.5 Å². The first-order valence-corrected chi connectivity index (χ1v) is 52.6. The van der Waals surface area contributed by atoms with E-state index in [2.05, 4.69) is 44.1 Å². The maximum atomic E-state index is 15.7. The lowest BCUT2D eigenvalue weighted by Crippen LogP contribution is -2.61. The van der Waals surface area contributed by atoms with Gasteiger partial charge in [-0.05, 0) is 151 Å². The highest BCUT2D eigenvalue weighted by Crippen LogP contribution is 2.50. The Hall–Kier alpha value is -8.36. The number of methoxy groups -OCH3 is 2. The van der Waals surface area contributed by atoms with Crippen molar-refractivity contribution in [3.63, 3.8) is 0 Å². The smallest absolute Gasteiger partial charge is 0.328 e. The molecule has 4 aromatic rings. The molecule has 135 heavy (non-hydrogen) atoms. The van der Waals surface area contributed by atoms with Crippen LogP contribution in [0.1, 0.15) is 198 Å². The Kier molecular flexibility index (Phi) is 44.8. The van der Waals surface area contributed by atoms with E-state index in [4.69, 9.17) is 41.0 Å². The average Bonchev–Trinajstić information content (AvgIpc) is 1.57. The standard InChI is InChI=1S/C100H141ClN10O20S4/c1-12-13-14-15-16-17-18-25-37-72(135-132-47-44-86(116)110(8)63(4)98(125)130-85-55-87(117)111(9)80-51-68(52-82(127-10)89(80)101)48-61(2)31-30-40-84(128-11)100(126)56-83(129-88(118)57-100)62(3)91-99(85,7)131-91)43-46-103-75(50-67-34-23-20-24-35-67)94(121)107-78-59-133-134-60-79(96(123)106-77(58-112)64(5)113)108-97(124)90(65(6)114)109-93(120)74(39-28-29-45-102)104-95(122)76(53-70-42-41-69-36-26-27-38-73(69)70)105-92(119)71(54-81(78)115)49-66-32-21-19-22-33-66/h19-24,26-27,30-36,38,40,42,51-52,62-65,71-72,74-79,83-85,90-91,103,112-114,126H,12-18,25,28-29,37,39,41,43-50,53-60,102H2,1-11H3,(H,104,122)(H,105,119)(H,106,123)(H,107,121)(H,108,124)(H,109,120)/b40-30+,61-31+/t62-,63+,64-,65-,71-,72?,74+,75-,76-,77+,78+,79+,83+,84-,85+,90+,91+,99+,100-/m1/s1. The van der Waals surface area contributed by atoms with Crippen LogP contribution in [0, 0.1) is 11.8 Å². The predicted octanol–water partition coefficient (Wildman–Crippen LogP) is 10.1. The fourth-order valence-electron chi connectivity index (χ4n) is 17.5. The van der Waals surface area contributed by atoms with Crippen LogP contribution in [0.15, 0.2) is 127 Å². The van der Waals surface area contributed by atoms with Crippen molar-refractivity contribution in [3.05, 3.63) is 160 Å². The number of rotatable bonds is 40. The molecular formula is C100H141ClN10O20S4. The van der Waals surface area contributed by atoms with Gasteiger partial charge < -0.3 is 96.9 Å². The van der Waals surface area contributed by atoms with Gasteiger partial charge in [-0.3, -0.25) is 47.9 Å². The van der Waals surface area contributed by atoms with Crippen LogP contribution in [0.25, 0.3) is 5.57 Å². The average molecular weight is 1970 g/mol. The molecule has 19 atom stereocenters. The zero-order valence-corrected chi connectivity index (χ0v) is 83.7. The number of hydrogen-bond acceptors (Lipinski definition) is 26. The van der Waals surface area contributed by atoms with Crippen LogP contribution in [0.3, 0.4) is 0 Å². The summed E-state index contributed by atoms with van der Waals surface area (Å²) in [6.45, 7) is 11.7. The number of nitrogens with one attached hydrogen (secondary N) is 7. The topological polar surface area (TPSA) is 435 Å². The summed E-state index contributed by atoms with van der Waals surface area (Å²) in [5.74, 6) is -9.03. The largest absolute Gasteiger partial charge is 0.495 e. The van der Waals surface area contributed by atoms with Gasteiger partial charge in [0.15, 0.2) is 5.78 Å². The third kappa shape index (κ3) is 32.9. The first kappa shape index (κ1) is 110. The van der Waals surface area contributed by atoms with Gasteiger partial charge in [0.25, 0.3) is 0 Å². The highest BCUT2D eigenvalue weighted by Gasteiger charge is 2.65. The van der Waals surface area contributed by atoms with E-state index in [1.165, 1.54) is 68.6 Å². The number of halogens is 1. The van der Waals surface area contributed by atoms with Gasteiger partial charge in [0, 0.05) is 81.2 Å². The number of likely N-dealkylation sites (N-methyl/N-ethyl adjacent to an activating group) is 1. The van der Waals surface area contributed by atoms with Gasteiger partial charge in [0.05, 0.1) is 68.7 Å². The SMILES string of the molecule is CCCCCCCCCCC(CCN[C@H](Cc1ccccc1)C(=O)N[C@H]1CSSC[C@@H](C(=O)N[C@@H](CO)[C@@H](C)O)NC(=O)[C@H]([C@@H](C)O)NC(=O)[C@H](CCCCN)NC(=O)[C@@H](CC2=CCc3ccccc32)NC(=O)[C@H](Cc2ccccc2)CC1=O)SSCCC(=O)N(C)[C@@H](C)C(=O)O[C@H]1CC(=O)N(C)c2cc(cc(OC)c2Cl)C/C(C)=C/C=C/[C@@H](OC)[C@]2(O)CC(=O)O[C@@H](C2)[C@@H](C)[C@@H]2O[C@@]12C. The monoisotopic (exact) mass is 1960 g/mol. The third-order valence-electron chi connectivity index (χ3n) is 26.0. The van der Waals surface area contributed by atoms with Crippen molar-refractivity contribution in [3.8, 4) is 5.75 Å². The molecule has 4 bridgehead atoms. The summed E-state index contributed by atoms with van der Waals surface area (Å²) >= 11 is 6.97. The van der Waals surface area contributed by atoms with Crippen molar-refractivity contribution >= 4 is 131 Å². The van der Waals surface area contributed by atoms with Crippen molar-refractivity contribution in [2.75, 3.05) is 70.2 Å². The van der Waals surface area contributed by atoms with Crippen LogP contribution in [0.2, 0.25) is 5.02 Å². The van der Waals surface area contributed by atoms with E-state index in [0.717, 1.165) is 99.9 Å². The predicted molar refractivity (Wildman–Crippen MR) is 530 cm³/mol. The molecule has 1 aliphatic carbocycles. The lowest BCUT2D eigenvalue weighted by molar-refractivity contribution is -0.187. The number of ketones is 1. The second-order valence-electron chi connectivity index (χ2n) is 36.5.